The van der Waals surface area contributed by atoms with Crippen molar-refractivity contribution in [2.24, 2.45) is 0 Å². The molecule has 2 unspecified atom stereocenters. The smallest absolute Gasteiger partial charge is 0.325 e. The number of nitrogens with one attached hydrogen (secondary N) is 3. The lowest BCUT2D eigenvalue weighted by Crippen LogP contribution is -2.39. The molecule has 3 N–H and O–H groups in total. The summed E-state index contributed by atoms with van der Waals surface area (Å²) in [5.74, 6) is -0.738. The summed E-state index contributed by atoms with van der Waals surface area (Å²) >= 11 is 7.54. The van der Waals surface area contributed by atoms with E-state index in [1.54, 1.807) is 11.3 Å². The van der Waals surface area contributed by atoms with E-state index in [0.29, 0.717) is 18.0 Å². The molecular formula is C18H20ClN3O3S. The maximum atomic E-state index is 12.1. The molecule has 1 aromatic heterocycles. The Kier molecular flexibility index (Phi) is 6.62. The summed E-state index contributed by atoms with van der Waals surface area (Å²) in [7, 11) is 0. The van der Waals surface area contributed by atoms with E-state index in [-0.39, 0.29) is 18.6 Å². The average Bonchev–Trinajstić information content (AvgIpc) is 3.32. The molecule has 26 heavy (non-hydrogen) atoms. The molecule has 1 fully saturated rings. The summed E-state index contributed by atoms with van der Waals surface area (Å²) in [4.78, 5) is 25.1. The van der Waals surface area contributed by atoms with Crippen molar-refractivity contribution in [3.63, 3.8) is 0 Å². The monoisotopic (exact) mass is 393 g/mol. The summed E-state index contributed by atoms with van der Waals surface area (Å²) < 4.78 is 5.11. The molecule has 0 aliphatic carbocycles. The number of hydrogen-bond acceptors (Lipinski definition) is 6. The second kappa shape index (κ2) is 9.14. The summed E-state index contributed by atoms with van der Waals surface area (Å²) in [6, 6.07) is 10.9. The average molecular weight is 394 g/mol. The van der Waals surface area contributed by atoms with Crippen LogP contribution in [0.15, 0.2) is 41.8 Å². The van der Waals surface area contributed by atoms with Crippen molar-refractivity contribution in [2.75, 3.05) is 13.2 Å². The topological polar surface area (TPSA) is 79.5 Å². The van der Waals surface area contributed by atoms with E-state index in [9.17, 15) is 9.59 Å². The highest BCUT2D eigenvalue weighted by Gasteiger charge is 2.31. The van der Waals surface area contributed by atoms with Crippen LogP contribution in [0.25, 0.3) is 0 Å². The molecular weight excluding hydrogens is 374 g/mol. The molecule has 138 valence electrons. The van der Waals surface area contributed by atoms with Gasteiger partial charge in [-0.15, -0.1) is 11.3 Å². The van der Waals surface area contributed by atoms with Gasteiger partial charge >= 0.3 is 5.97 Å². The third-order valence-electron chi connectivity index (χ3n) is 4.08. The van der Waals surface area contributed by atoms with Gasteiger partial charge in [-0.3, -0.25) is 9.59 Å². The molecule has 8 heteroatoms. The summed E-state index contributed by atoms with van der Waals surface area (Å²) in [6.45, 7) is 0.256. The van der Waals surface area contributed by atoms with E-state index in [1.807, 2.05) is 41.8 Å². The number of hydrogen-bond donors (Lipinski definition) is 3. The number of thiophene rings is 1. The van der Waals surface area contributed by atoms with Crippen LogP contribution in [-0.2, 0) is 20.7 Å². The van der Waals surface area contributed by atoms with Crippen LogP contribution in [0.4, 0.5) is 0 Å². The first-order valence-corrected chi connectivity index (χ1v) is 9.60. The van der Waals surface area contributed by atoms with E-state index in [0.717, 1.165) is 12.0 Å². The highest BCUT2D eigenvalue weighted by Crippen LogP contribution is 2.24. The van der Waals surface area contributed by atoms with Gasteiger partial charge < -0.3 is 10.1 Å². The normalized spacial score (nSPS) is 19.3. The van der Waals surface area contributed by atoms with Crippen LogP contribution in [0.1, 0.15) is 22.9 Å². The predicted octanol–water partition coefficient (Wildman–Crippen LogP) is 2.21. The molecule has 2 aromatic rings. The van der Waals surface area contributed by atoms with Gasteiger partial charge in [-0.25, -0.2) is 10.9 Å². The van der Waals surface area contributed by atoms with Crippen LogP contribution in [0.2, 0.25) is 5.02 Å². The molecule has 1 amide bonds. The van der Waals surface area contributed by atoms with Gasteiger partial charge in [0.25, 0.3) is 5.91 Å². The SMILES string of the molecule is O=C(COC(=O)C1CC(c2ccc(Cl)cc2)NN1)NCCc1cccs1. The number of rotatable bonds is 7. The van der Waals surface area contributed by atoms with Gasteiger partial charge in [-0.2, -0.15) is 0 Å². The van der Waals surface area contributed by atoms with Crippen molar-refractivity contribution in [1.29, 1.82) is 0 Å². The first kappa shape index (κ1) is 18.8. The Morgan fingerprint density at radius 1 is 1.23 bits per heavy atom. The lowest BCUT2D eigenvalue weighted by Gasteiger charge is -2.10. The lowest BCUT2D eigenvalue weighted by atomic mass is 10.0. The zero-order chi connectivity index (χ0) is 18.4. The molecule has 0 bridgehead atoms. The molecule has 1 aliphatic heterocycles. The first-order chi connectivity index (χ1) is 12.6. The fraction of sp³-hybridized carbons (Fsp3) is 0.333. The van der Waals surface area contributed by atoms with Crippen molar-refractivity contribution >= 4 is 34.8 Å². The minimum atomic E-state index is -0.491. The van der Waals surface area contributed by atoms with Gasteiger partial charge in [-0.05, 0) is 42.0 Å². The summed E-state index contributed by atoms with van der Waals surface area (Å²) in [5, 5.41) is 5.42. The fourth-order valence-electron chi connectivity index (χ4n) is 2.69. The summed E-state index contributed by atoms with van der Waals surface area (Å²) in [6.07, 6.45) is 1.31. The number of benzene rings is 1. The van der Waals surface area contributed by atoms with Crippen LogP contribution in [0, 0.1) is 0 Å². The van der Waals surface area contributed by atoms with Crippen LogP contribution in [0.3, 0.4) is 0 Å². The van der Waals surface area contributed by atoms with Gasteiger partial charge in [0.2, 0.25) is 0 Å². The fourth-order valence-corrected chi connectivity index (χ4v) is 3.53. The van der Waals surface area contributed by atoms with E-state index in [2.05, 4.69) is 16.2 Å². The Labute approximate surface area is 160 Å². The number of esters is 1. The molecule has 2 heterocycles. The predicted molar refractivity (Wildman–Crippen MR) is 101 cm³/mol. The molecule has 1 aliphatic rings. The largest absolute Gasteiger partial charge is 0.454 e. The molecule has 2 atom stereocenters. The van der Waals surface area contributed by atoms with Crippen LogP contribution in [0.5, 0.6) is 0 Å². The van der Waals surface area contributed by atoms with Crippen molar-refractivity contribution in [2.45, 2.75) is 24.9 Å². The maximum Gasteiger partial charge on any atom is 0.325 e. The summed E-state index contributed by atoms with van der Waals surface area (Å²) in [5.41, 5.74) is 7.02. The maximum absolute atomic E-state index is 12.1. The first-order valence-electron chi connectivity index (χ1n) is 8.34. The Morgan fingerprint density at radius 3 is 2.77 bits per heavy atom. The van der Waals surface area contributed by atoms with Gasteiger partial charge in [0, 0.05) is 22.5 Å². The molecule has 1 aromatic carbocycles. The zero-order valence-corrected chi connectivity index (χ0v) is 15.6. The molecule has 1 saturated heterocycles. The number of carbonyl (C=O) groups is 2. The quantitative estimate of drug-likeness (QED) is 0.628. The minimum absolute atomic E-state index is 0.00978. The van der Waals surface area contributed by atoms with Crippen molar-refractivity contribution < 1.29 is 14.3 Å². The van der Waals surface area contributed by atoms with Crippen molar-refractivity contribution in [3.8, 4) is 0 Å². The number of hydrazine groups is 1. The lowest BCUT2D eigenvalue weighted by molar-refractivity contribution is -0.150. The molecule has 0 spiro atoms. The number of amides is 1. The van der Waals surface area contributed by atoms with Crippen LogP contribution in [-0.4, -0.2) is 31.1 Å². The van der Waals surface area contributed by atoms with Crippen LogP contribution < -0.4 is 16.2 Å². The van der Waals surface area contributed by atoms with Crippen molar-refractivity contribution in [3.05, 3.63) is 57.2 Å². The van der Waals surface area contributed by atoms with Gasteiger partial charge in [-0.1, -0.05) is 29.8 Å². The minimum Gasteiger partial charge on any atom is -0.454 e. The third kappa shape index (κ3) is 5.28. The van der Waals surface area contributed by atoms with Crippen LogP contribution >= 0.6 is 22.9 Å². The molecule has 0 radical (unpaired) electrons. The highest BCUT2D eigenvalue weighted by molar-refractivity contribution is 7.09. The standard InChI is InChI=1S/C18H20ClN3O3S/c19-13-5-3-12(4-6-13)15-10-16(22-21-15)18(24)25-11-17(23)20-8-7-14-2-1-9-26-14/h1-6,9,15-16,21-22H,7-8,10-11H2,(H,20,23). The number of halogens is 1. The molecule has 0 saturated carbocycles. The Hall–Kier alpha value is -1.93. The zero-order valence-electron chi connectivity index (χ0n) is 14.0. The van der Waals surface area contributed by atoms with Gasteiger partial charge in [0.15, 0.2) is 6.61 Å². The second-order valence-electron chi connectivity index (χ2n) is 5.97. The van der Waals surface area contributed by atoms with Gasteiger partial charge in [0.05, 0.1) is 0 Å². The second-order valence-corrected chi connectivity index (χ2v) is 7.44. The van der Waals surface area contributed by atoms with E-state index in [1.165, 1.54) is 4.88 Å². The Balaban J connectivity index is 1.37. The Morgan fingerprint density at radius 2 is 2.04 bits per heavy atom. The van der Waals surface area contributed by atoms with E-state index < -0.39 is 12.0 Å². The van der Waals surface area contributed by atoms with Crippen molar-refractivity contribution in [1.82, 2.24) is 16.2 Å². The number of ether oxygens (including phenoxy) is 1. The molecule has 6 nitrogen and oxygen atoms in total. The Bertz CT molecular complexity index is 737. The van der Waals surface area contributed by atoms with E-state index in [4.69, 9.17) is 16.3 Å². The third-order valence-corrected chi connectivity index (χ3v) is 5.27. The highest BCUT2D eigenvalue weighted by atomic mass is 35.5. The van der Waals surface area contributed by atoms with E-state index >= 15 is 0 Å². The number of carbonyl (C=O) groups excluding carboxylic acids is 2. The van der Waals surface area contributed by atoms with Gasteiger partial charge in [0.1, 0.15) is 6.04 Å². The molecule has 3 rings (SSSR count).